The molecule has 2 heterocycles. The van der Waals surface area contributed by atoms with Crippen molar-refractivity contribution in [1.82, 2.24) is 18.0 Å². The average Bonchev–Trinajstić information content (AvgIpc) is 3.29. The number of halogens is 1. The lowest BCUT2D eigenvalue weighted by Crippen LogP contribution is -2.33. The number of H-pyrrole nitrogens is 1. The van der Waals surface area contributed by atoms with E-state index in [1.54, 1.807) is 25.1 Å². The summed E-state index contributed by atoms with van der Waals surface area (Å²) in [5.41, 5.74) is 3.51. The number of fused-ring (bicyclic) bond motifs is 2. The van der Waals surface area contributed by atoms with Crippen LogP contribution in [0, 0.1) is 19.7 Å². The molecule has 35 heavy (non-hydrogen) atoms. The highest BCUT2D eigenvalue weighted by Crippen LogP contribution is 2.30. The van der Waals surface area contributed by atoms with E-state index in [0.717, 1.165) is 22.7 Å². The normalized spacial score (nSPS) is 12.1. The number of benzene rings is 3. The second-order valence-corrected chi connectivity index (χ2v) is 10.9. The van der Waals surface area contributed by atoms with E-state index in [1.165, 1.54) is 28.6 Å². The molecule has 0 bridgehead atoms. The number of hydrogen-bond donors (Lipinski definition) is 1. The number of rotatable bonds is 6. The molecule has 2 aromatic heterocycles. The van der Waals surface area contributed by atoms with Gasteiger partial charge in [0, 0.05) is 24.2 Å². The molecule has 5 rings (SSSR count). The summed E-state index contributed by atoms with van der Waals surface area (Å²) in [6.07, 6.45) is 0. The number of sulfonamides is 1. The van der Waals surface area contributed by atoms with Gasteiger partial charge in [-0.2, -0.15) is 13.1 Å². The highest BCUT2D eigenvalue weighted by Gasteiger charge is 2.30. The molecule has 3 aromatic carbocycles. The molecule has 0 atom stereocenters. The van der Waals surface area contributed by atoms with Crippen LogP contribution < -0.4 is 5.56 Å². The first-order chi connectivity index (χ1) is 16.7. The zero-order valence-corrected chi connectivity index (χ0v) is 20.6. The molecule has 0 unspecified atom stereocenters. The predicted octanol–water partition coefficient (Wildman–Crippen LogP) is 4.68. The number of hydrogen-bond acceptors (Lipinski definition) is 6. The van der Waals surface area contributed by atoms with E-state index < -0.39 is 15.8 Å². The van der Waals surface area contributed by atoms with E-state index >= 15 is 0 Å². The van der Waals surface area contributed by atoms with Crippen molar-refractivity contribution >= 4 is 43.7 Å². The Morgan fingerprint density at radius 1 is 0.971 bits per heavy atom. The van der Waals surface area contributed by atoms with Crippen molar-refractivity contribution in [1.29, 1.82) is 0 Å². The monoisotopic (exact) mass is 508 g/mol. The van der Waals surface area contributed by atoms with Gasteiger partial charge < -0.3 is 4.98 Å². The molecule has 0 saturated carbocycles. The molecule has 5 aromatic rings. The molecule has 0 saturated heterocycles. The van der Waals surface area contributed by atoms with E-state index in [1.807, 2.05) is 25.1 Å². The summed E-state index contributed by atoms with van der Waals surface area (Å²) >= 11 is 0.939. The third-order valence-electron chi connectivity index (χ3n) is 5.87. The number of aromatic nitrogens is 3. The molecule has 1 N–H and O–H groups in total. The summed E-state index contributed by atoms with van der Waals surface area (Å²) < 4.78 is 51.2. The zero-order valence-electron chi connectivity index (χ0n) is 18.9. The van der Waals surface area contributed by atoms with Gasteiger partial charge in [-0.05, 0) is 66.8 Å². The van der Waals surface area contributed by atoms with Crippen molar-refractivity contribution in [2.24, 2.45) is 0 Å². The van der Waals surface area contributed by atoms with Crippen molar-refractivity contribution in [3.05, 3.63) is 99.1 Å². The maximum atomic E-state index is 14.0. The lowest BCUT2D eigenvalue weighted by molar-refractivity contribution is 0.400. The SMILES string of the molecule is Cc1ccc2[nH]c(=O)c(CN(Cc3ccc(F)cc3)S(=O)(=O)c3c(C)ccc4nsnc34)cc2c1. The molecule has 0 aliphatic rings. The Labute approximate surface area is 205 Å². The van der Waals surface area contributed by atoms with E-state index in [-0.39, 0.29) is 23.5 Å². The largest absolute Gasteiger partial charge is 0.322 e. The standard InChI is InChI=1S/C25H21FN4O3S2/c1-15-3-9-21-18(11-15)12-19(25(31)27-21)14-30(13-17-5-7-20(26)8-6-17)35(32,33)24-16(2)4-10-22-23(24)29-34-28-22/h3-12H,13-14H2,1-2H3,(H,27,31). The van der Waals surface area contributed by atoms with Crippen molar-refractivity contribution in [3.8, 4) is 0 Å². The molecular weight excluding hydrogens is 487 g/mol. The van der Waals surface area contributed by atoms with Crippen LogP contribution >= 0.6 is 11.7 Å². The van der Waals surface area contributed by atoms with Crippen molar-refractivity contribution in [2.75, 3.05) is 0 Å². The van der Waals surface area contributed by atoms with Gasteiger partial charge >= 0.3 is 0 Å². The smallest absolute Gasteiger partial charge is 0.252 e. The Hall–Kier alpha value is -3.47. The van der Waals surface area contributed by atoms with Crippen molar-refractivity contribution in [2.45, 2.75) is 31.8 Å². The van der Waals surface area contributed by atoms with Gasteiger partial charge in [-0.25, -0.2) is 12.8 Å². The average molecular weight is 509 g/mol. The maximum absolute atomic E-state index is 14.0. The Morgan fingerprint density at radius 2 is 1.74 bits per heavy atom. The summed E-state index contributed by atoms with van der Waals surface area (Å²) in [5, 5.41) is 0.806. The van der Waals surface area contributed by atoms with Crippen LogP contribution in [0.15, 0.2) is 70.4 Å². The quantitative estimate of drug-likeness (QED) is 0.359. The molecule has 7 nitrogen and oxygen atoms in total. The first-order valence-corrected chi connectivity index (χ1v) is 13.0. The summed E-state index contributed by atoms with van der Waals surface area (Å²) in [5.74, 6) is -0.418. The molecule has 0 fully saturated rings. The maximum Gasteiger partial charge on any atom is 0.252 e. The Bertz CT molecular complexity index is 1730. The van der Waals surface area contributed by atoms with Gasteiger partial charge in [0.25, 0.3) is 5.56 Å². The predicted molar refractivity (Wildman–Crippen MR) is 134 cm³/mol. The van der Waals surface area contributed by atoms with Gasteiger partial charge in [0.2, 0.25) is 10.0 Å². The Morgan fingerprint density at radius 3 is 2.51 bits per heavy atom. The number of aromatic amines is 1. The minimum absolute atomic E-state index is 0.0543. The second kappa shape index (κ2) is 8.95. The molecule has 0 radical (unpaired) electrons. The van der Waals surface area contributed by atoms with Gasteiger partial charge in [-0.3, -0.25) is 4.79 Å². The van der Waals surface area contributed by atoms with Crippen LogP contribution in [-0.4, -0.2) is 26.5 Å². The van der Waals surface area contributed by atoms with Gasteiger partial charge in [0.15, 0.2) is 0 Å². The van der Waals surface area contributed by atoms with Crippen LogP contribution in [0.25, 0.3) is 21.9 Å². The number of nitrogens with zero attached hydrogens (tertiary/aromatic N) is 3. The Kier molecular flexibility index (Phi) is 5.96. The minimum atomic E-state index is -4.12. The van der Waals surface area contributed by atoms with Gasteiger partial charge in [0.05, 0.1) is 11.7 Å². The Balaban J connectivity index is 1.65. The summed E-state index contributed by atoms with van der Waals surface area (Å²) in [6.45, 7) is 3.42. The van der Waals surface area contributed by atoms with Crippen LogP contribution in [0.4, 0.5) is 4.39 Å². The highest BCUT2D eigenvalue weighted by atomic mass is 32.2. The zero-order chi connectivity index (χ0) is 24.7. The number of pyridine rings is 1. The van der Waals surface area contributed by atoms with Crippen LogP contribution in [0.5, 0.6) is 0 Å². The van der Waals surface area contributed by atoms with E-state index in [4.69, 9.17) is 0 Å². The molecule has 0 aliphatic heterocycles. The van der Waals surface area contributed by atoms with E-state index in [2.05, 4.69) is 13.7 Å². The third kappa shape index (κ3) is 4.47. The fourth-order valence-electron chi connectivity index (χ4n) is 4.08. The molecule has 0 spiro atoms. The molecular formula is C25H21FN4O3S2. The second-order valence-electron chi connectivity index (χ2n) is 8.46. The van der Waals surface area contributed by atoms with Gasteiger partial charge in [0.1, 0.15) is 21.7 Å². The highest BCUT2D eigenvalue weighted by molar-refractivity contribution is 7.89. The third-order valence-corrected chi connectivity index (χ3v) is 8.38. The molecule has 178 valence electrons. The first kappa shape index (κ1) is 23.3. The molecule has 0 aliphatic carbocycles. The number of nitrogens with one attached hydrogen (secondary N) is 1. The summed E-state index contributed by atoms with van der Waals surface area (Å²) in [7, 11) is -4.12. The van der Waals surface area contributed by atoms with E-state index in [0.29, 0.717) is 33.2 Å². The fraction of sp³-hybridized carbons (Fsp3) is 0.160. The van der Waals surface area contributed by atoms with Gasteiger partial charge in [-0.1, -0.05) is 29.8 Å². The molecule has 0 amide bonds. The first-order valence-electron chi connectivity index (χ1n) is 10.8. The van der Waals surface area contributed by atoms with Crippen LogP contribution in [-0.2, 0) is 23.1 Å². The van der Waals surface area contributed by atoms with E-state index in [9.17, 15) is 17.6 Å². The van der Waals surface area contributed by atoms with Crippen LogP contribution in [0.1, 0.15) is 22.3 Å². The fourth-order valence-corrected chi connectivity index (χ4v) is 6.44. The molecule has 10 heteroatoms. The van der Waals surface area contributed by atoms with Crippen molar-refractivity contribution < 1.29 is 12.8 Å². The minimum Gasteiger partial charge on any atom is -0.322 e. The van der Waals surface area contributed by atoms with Crippen LogP contribution in [0.2, 0.25) is 0 Å². The van der Waals surface area contributed by atoms with Crippen LogP contribution in [0.3, 0.4) is 0 Å². The lowest BCUT2D eigenvalue weighted by atomic mass is 10.1. The topological polar surface area (TPSA) is 96.0 Å². The van der Waals surface area contributed by atoms with Crippen molar-refractivity contribution in [3.63, 3.8) is 0 Å². The summed E-state index contributed by atoms with van der Waals surface area (Å²) in [6, 6.07) is 16.4. The lowest BCUT2D eigenvalue weighted by Gasteiger charge is -2.23. The van der Waals surface area contributed by atoms with Gasteiger partial charge in [-0.15, -0.1) is 0 Å². The summed E-state index contributed by atoms with van der Waals surface area (Å²) in [4.78, 5) is 15.8. The number of aryl methyl sites for hydroxylation is 2.